The van der Waals surface area contributed by atoms with Crippen LogP contribution >= 0.6 is 0 Å². The molecule has 0 saturated carbocycles. The molecule has 5 nitrogen and oxygen atoms in total. The maximum atomic E-state index is 13.0. The van der Waals surface area contributed by atoms with E-state index in [1.165, 1.54) is 0 Å². The van der Waals surface area contributed by atoms with Crippen LogP contribution in [0.4, 0.5) is 43.6 Å². The molecule has 0 N–H and O–H groups in total. The van der Waals surface area contributed by atoms with Crippen LogP contribution in [-0.2, 0) is 12.7 Å². The fraction of sp³-hybridized carbons (Fsp3) is 0.267. The minimum Gasteiger partial charge on any atom is -0.465 e. The van der Waals surface area contributed by atoms with Crippen molar-refractivity contribution in [1.29, 1.82) is 0 Å². The third-order valence-electron chi connectivity index (χ3n) is 3.12. The van der Waals surface area contributed by atoms with E-state index in [4.69, 9.17) is 17.6 Å². The quantitative estimate of drug-likeness (QED) is 0.534. The summed E-state index contributed by atoms with van der Waals surface area (Å²) in [5, 5.41) is 0. The third kappa shape index (κ3) is 4.66. The third-order valence-corrected chi connectivity index (χ3v) is 3.12. The molecule has 136 valence electrons. The van der Waals surface area contributed by atoms with Crippen LogP contribution in [0.2, 0.25) is 0 Å². The maximum Gasteiger partial charge on any atom is 0.407 e. The van der Waals surface area contributed by atoms with Gasteiger partial charge in [0.05, 0.1) is 31.4 Å². The van der Waals surface area contributed by atoms with Crippen molar-refractivity contribution in [3.63, 3.8) is 0 Å². The second-order valence-electron chi connectivity index (χ2n) is 4.99. The van der Waals surface area contributed by atoms with E-state index in [9.17, 15) is 26.3 Å². The van der Waals surface area contributed by atoms with Crippen LogP contribution in [0.5, 0.6) is 0 Å². The van der Waals surface area contributed by atoms with Gasteiger partial charge in [-0.3, -0.25) is 0 Å². The molecule has 0 fully saturated rings. The summed E-state index contributed by atoms with van der Waals surface area (Å²) in [5.74, 6) is -0.519. The molecule has 0 spiro atoms. The van der Waals surface area contributed by atoms with Gasteiger partial charge < -0.3 is 9.32 Å². The lowest BCUT2D eigenvalue weighted by atomic mass is 10.1. The topological polar surface area (TPSA) is 38.0 Å². The molecule has 1 aromatic heterocycles. The first-order chi connectivity index (χ1) is 12.0. The van der Waals surface area contributed by atoms with Gasteiger partial charge in [-0.05, 0) is 12.1 Å². The summed E-state index contributed by atoms with van der Waals surface area (Å²) in [6, 6.07) is 2.25. The van der Waals surface area contributed by atoms with Crippen molar-refractivity contribution in [3.8, 4) is 0 Å². The highest BCUT2D eigenvalue weighted by molar-refractivity contribution is 5.62. The Bertz CT molecular complexity index is 872. The van der Waals surface area contributed by atoms with Crippen LogP contribution in [0.25, 0.3) is 9.69 Å². The van der Waals surface area contributed by atoms with Gasteiger partial charge in [0, 0.05) is 5.69 Å². The zero-order valence-electron chi connectivity index (χ0n) is 12.7. The Hall–Kier alpha value is -3.21. The molecule has 0 atom stereocenters. The van der Waals surface area contributed by atoms with Crippen molar-refractivity contribution in [1.82, 2.24) is 4.98 Å². The Morgan fingerprint density at radius 2 is 1.77 bits per heavy atom. The molecule has 26 heavy (non-hydrogen) atoms. The molecular formula is C15H8F6N4O. The number of rotatable bonds is 4. The number of hydrogen-bond donors (Lipinski definition) is 0. The molecule has 2 rings (SSSR count). The number of alkyl halides is 6. The van der Waals surface area contributed by atoms with Crippen LogP contribution in [-0.4, -0.2) is 17.7 Å². The molecule has 2 aromatic rings. The van der Waals surface area contributed by atoms with Crippen LogP contribution in [0.15, 0.2) is 28.8 Å². The van der Waals surface area contributed by atoms with E-state index in [1.807, 2.05) is 0 Å². The van der Waals surface area contributed by atoms with E-state index >= 15 is 0 Å². The fourth-order valence-electron chi connectivity index (χ4n) is 2.09. The second-order valence-corrected chi connectivity index (χ2v) is 4.99. The summed E-state index contributed by atoms with van der Waals surface area (Å²) in [6.07, 6.45) is -8.62. The van der Waals surface area contributed by atoms with Crippen molar-refractivity contribution >= 4 is 17.3 Å². The summed E-state index contributed by atoms with van der Waals surface area (Å²) < 4.78 is 82.5. The van der Waals surface area contributed by atoms with Crippen molar-refractivity contribution < 1.29 is 30.8 Å². The first-order valence-corrected chi connectivity index (χ1v) is 6.76. The van der Waals surface area contributed by atoms with Gasteiger partial charge in [0.15, 0.2) is 11.6 Å². The van der Waals surface area contributed by atoms with E-state index in [1.54, 1.807) is 0 Å². The zero-order valence-corrected chi connectivity index (χ0v) is 12.7. The number of benzene rings is 1. The van der Waals surface area contributed by atoms with Crippen LogP contribution in [0.3, 0.4) is 0 Å². The average Bonchev–Trinajstić information content (AvgIpc) is 2.99. The fourth-order valence-corrected chi connectivity index (χ4v) is 2.09. The van der Waals surface area contributed by atoms with Crippen LogP contribution < -0.4 is 4.90 Å². The molecule has 0 bridgehead atoms. The van der Waals surface area contributed by atoms with E-state index < -0.39 is 42.4 Å². The van der Waals surface area contributed by atoms with Crippen molar-refractivity contribution in [2.24, 2.45) is 0 Å². The van der Waals surface area contributed by atoms with Crippen LogP contribution in [0, 0.1) is 13.1 Å². The van der Waals surface area contributed by atoms with Gasteiger partial charge in [0.25, 0.3) is 0 Å². The average molecular weight is 374 g/mol. The maximum absolute atomic E-state index is 13.0. The predicted molar refractivity (Wildman–Crippen MR) is 77.6 cm³/mol. The molecule has 0 aliphatic rings. The smallest absolute Gasteiger partial charge is 0.407 e. The van der Waals surface area contributed by atoms with Crippen LogP contribution in [0.1, 0.15) is 11.5 Å². The number of halogens is 6. The summed E-state index contributed by atoms with van der Waals surface area (Å²) >= 11 is 0. The van der Waals surface area contributed by atoms with Crippen molar-refractivity contribution in [2.75, 3.05) is 11.4 Å². The summed E-state index contributed by atoms with van der Waals surface area (Å²) in [6.45, 7) is 11.3. The lowest BCUT2D eigenvalue weighted by Gasteiger charge is -2.25. The number of nitrogens with zero attached hydrogens (tertiary/aromatic N) is 4. The van der Waals surface area contributed by atoms with Crippen molar-refractivity contribution in [3.05, 3.63) is 58.7 Å². The minimum atomic E-state index is -4.90. The zero-order chi connectivity index (χ0) is 19.5. The molecule has 0 amide bonds. The Labute approximate surface area is 143 Å². The number of aromatic nitrogens is 1. The molecular weight excluding hydrogens is 366 g/mol. The highest BCUT2D eigenvalue weighted by atomic mass is 19.4. The van der Waals surface area contributed by atoms with E-state index in [-0.39, 0.29) is 11.8 Å². The minimum absolute atomic E-state index is 0.258. The molecule has 0 aliphatic carbocycles. The Kier molecular flexibility index (Phi) is 5.12. The molecule has 11 heteroatoms. The number of hydrogen-bond acceptors (Lipinski definition) is 3. The van der Waals surface area contributed by atoms with E-state index in [0.29, 0.717) is 11.0 Å². The summed E-state index contributed by atoms with van der Waals surface area (Å²) in [5.41, 5.74) is -2.48. The Morgan fingerprint density at radius 1 is 1.08 bits per heavy atom. The number of anilines is 1. The van der Waals surface area contributed by atoms with Gasteiger partial charge in [-0.25, -0.2) is 9.83 Å². The molecule has 0 aliphatic heterocycles. The molecule has 0 saturated heterocycles. The largest absolute Gasteiger partial charge is 0.465 e. The lowest BCUT2D eigenvalue weighted by Crippen LogP contribution is -2.34. The van der Waals surface area contributed by atoms with Gasteiger partial charge in [-0.15, -0.1) is 0 Å². The van der Waals surface area contributed by atoms with Crippen molar-refractivity contribution in [2.45, 2.75) is 18.9 Å². The first kappa shape index (κ1) is 19.1. The SMILES string of the molecule is [C-]#[N+]c1cnc(CN(CC(F)(F)F)c2ccc([N+]#[C-])c(C(F)(F)F)c2)o1. The summed E-state index contributed by atoms with van der Waals surface area (Å²) in [4.78, 5) is 9.85. The van der Waals surface area contributed by atoms with E-state index in [0.717, 1.165) is 18.3 Å². The standard InChI is InChI=1S/C15H8F6N4O/c1-22-11-4-3-9(5-10(11)15(19,20)21)25(8-14(16,17)18)7-13-24-6-12(23-2)26-13/h3-6H,7-8H2. The monoisotopic (exact) mass is 374 g/mol. The normalized spacial score (nSPS) is 11.7. The lowest BCUT2D eigenvalue weighted by molar-refractivity contribution is -0.136. The molecule has 0 radical (unpaired) electrons. The van der Waals surface area contributed by atoms with Gasteiger partial charge in [-0.1, -0.05) is 6.07 Å². The molecule has 1 aromatic carbocycles. The highest BCUT2D eigenvalue weighted by Crippen LogP contribution is 2.39. The van der Waals surface area contributed by atoms with Gasteiger partial charge in [0.1, 0.15) is 6.54 Å². The summed E-state index contributed by atoms with van der Waals surface area (Å²) in [7, 11) is 0. The van der Waals surface area contributed by atoms with Gasteiger partial charge in [0.2, 0.25) is 0 Å². The molecule has 0 unspecified atom stereocenters. The van der Waals surface area contributed by atoms with E-state index in [2.05, 4.69) is 14.7 Å². The van der Waals surface area contributed by atoms with Gasteiger partial charge in [-0.2, -0.15) is 31.2 Å². The van der Waals surface area contributed by atoms with Gasteiger partial charge >= 0.3 is 18.2 Å². The second kappa shape index (κ2) is 6.96. The first-order valence-electron chi connectivity index (χ1n) is 6.76. The number of oxazole rings is 1. The predicted octanol–water partition coefficient (Wildman–Crippen LogP) is 5.36. The highest BCUT2D eigenvalue weighted by Gasteiger charge is 2.36. The Balaban J connectivity index is 2.45. The Morgan fingerprint density at radius 3 is 2.27 bits per heavy atom. The molecule has 1 heterocycles.